The summed E-state index contributed by atoms with van der Waals surface area (Å²) < 4.78 is 0. The summed E-state index contributed by atoms with van der Waals surface area (Å²) in [6.07, 6.45) is 11.7. The van der Waals surface area contributed by atoms with Crippen molar-refractivity contribution < 1.29 is 0 Å². The molecule has 2 aliphatic rings. The molecule has 0 aromatic heterocycles. The number of hydrogen-bond donors (Lipinski definition) is 0. The Labute approximate surface area is 128 Å². The Kier molecular flexibility index (Phi) is 4.92. The average molecular weight is 279 g/mol. The summed E-state index contributed by atoms with van der Waals surface area (Å²) in [5.74, 6) is 3.98. The standard InChI is InChI=1S/C20H38/c1-7-17-11-9-15(13-19(17,3)4)16-10-12-18(8-2)20(5,6)14-16/h15-18H,7-14H2,1-6H3. The minimum Gasteiger partial charge on any atom is -0.0651 e. The smallest absolute Gasteiger partial charge is 0.0323 e. The lowest BCUT2D eigenvalue weighted by Gasteiger charge is -2.49. The van der Waals surface area contributed by atoms with Crippen molar-refractivity contribution in [3.8, 4) is 0 Å². The summed E-state index contributed by atoms with van der Waals surface area (Å²) >= 11 is 0. The quantitative estimate of drug-likeness (QED) is 0.539. The highest BCUT2D eigenvalue weighted by atomic mass is 14.5. The molecule has 0 heteroatoms. The molecule has 118 valence electrons. The van der Waals surface area contributed by atoms with E-state index in [1.165, 1.54) is 51.4 Å². The molecular formula is C20H38. The molecule has 0 bridgehead atoms. The zero-order valence-electron chi connectivity index (χ0n) is 15.0. The molecule has 2 aliphatic carbocycles. The topological polar surface area (TPSA) is 0 Å². The second kappa shape index (κ2) is 6.01. The van der Waals surface area contributed by atoms with E-state index >= 15 is 0 Å². The van der Waals surface area contributed by atoms with Gasteiger partial charge in [-0.25, -0.2) is 0 Å². The van der Waals surface area contributed by atoms with Crippen molar-refractivity contribution in [1.29, 1.82) is 0 Å². The van der Waals surface area contributed by atoms with Crippen LogP contribution in [0.25, 0.3) is 0 Å². The second-order valence-corrected chi connectivity index (χ2v) is 9.27. The summed E-state index contributed by atoms with van der Waals surface area (Å²) in [4.78, 5) is 0. The van der Waals surface area contributed by atoms with Gasteiger partial charge in [-0.15, -0.1) is 0 Å². The van der Waals surface area contributed by atoms with Crippen molar-refractivity contribution in [2.24, 2.45) is 34.5 Å². The molecular weight excluding hydrogens is 240 g/mol. The minimum absolute atomic E-state index is 0.587. The maximum absolute atomic E-state index is 2.54. The zero-order chi connectivity index (χ0) is 15.0. The van der Waals surface area contributed by atoms with Gasteiger partial charge in [-0.1, -0.05) is 54.4 Å². The van der Waals surface area contributed by atoms with Crippen LogP contribution in [0.2, 0.25) is 0 Å². The lowest BCUT2D eigenvalue weighted by atomic mass is 9.56. The highest BCUT2D eigenvalue weighted by Gasteiger charge is 2.43. The third kappa shape index (κ3) is 3.25. The van der Waals surface area contributed by atoms with Gasteiger partial charge in [0.1, 0.15) is 0 Å². The van der Waals surface area contributed by atoms with Gasteiger partial charge in [0.15, 0.2) is 0 Å². The third-order valence-electron chi connectivity index (χ3n) is 7.21. The maximum atomic E-state index is 2.54. The molecule has 2 fully saturated rings. The zero-order valence-corrected chi connectivity index (χ0v) is 15.0. The molecule has 0 aromatic rings. The highest BCUT2D eigenvalue weighted by Crippen LogP contribution is 2.53. The van der Waals surface area contributed by atoms with Gasteiger partial charge in [0.2, 0.25) is 0 Å². The van der Waals surface area contributed by atoms with Crippen LogP contribution in [0.3, 0.4) is 0 Å². The third-order valence-corrected chi connectivity index (χ3v) is 7.21. The summed E-state index contributed by atoms with van der Waals surface area (Å²) in [6.45, 7) is 14.9. The van der Waals surface area contributed by atoms with Crippen molar-refractivity contribution >= 4 is 0 Å². The Morgan fingerprint density at radius 3 is 1.25 bits per heavy atom. The maximum Gasteiger partial charge on any atom is -0.0323 e. The molecule has 0 aliphatic heterocycles. The molecule has 0 radical (unpaired) electrons. The van der Waals surface area contributed by atoms with Crippen molar-refractivity contribution in [1.82, 2.24) is 0 Å². The van der Waals surface area contributed by atoms with E-state index in [0.29, 0.717) is 10.8 Å². The first kappa shape index (κ1) is 16.4. The molecule has 4 unspecified atom stereocenters. The van der Waals surface area contributed by atoms with E-state index in [-0.39, 0.29) is 0 Å². The van der Waals surface area contributed by atoms with E-state index in [0.717, 1.165) is 23.7 Å². The van der Waals surface area contributed by atoms with Crippen LogP contribution in [0.4, 0.5) is 0 Å². The summed E-state index contributed by atoms with van der Waals surface area (Å²) in [7, 11) is 0. The van der Waals surface area contributed by atoms with Crippen LogP contribution < -0.4 is 0 Å². The van der Waals surface area contributed by atoms with Gasteiger partial charge in [-0.3, -0.25) is 0 Å². The van der Waals surface area contributed by atoms with E-state index in [9.17, 15) is 0 Å². The Hall–Kier alpha value is 0. The second-order valence-electron chi connectivity index (χ2n) is 9.27. The molecule has 0 spiro atoms. The van der Waals surface area contributed by atoms with Crippen LogP contribution in [0, 0.1) is 34.5 Å². The Morgan fingerprint density at radius 2 is 1.00 bits per heavy atom. The average Bonchev–Trinajstić information content (AvgIpc) is 2.36. The van der Waals surface area contributed by atoms with Gasteiger partial charge in [0.25, 0.3) is 0 Å². The molecule has 0 N–H and O–H groups in total. The van der Waals surface area contributed by atoms with Crippen molar-refractivity contribution in [3.63, 3.8) is 0 Å². The van der Waals surface area contributed by atoms with Crippen molar-refractivity contribution in [2.75, 3.05) is 0 Å². The normalized spacial score (nSPS) is 40.5. The summed E-state index contributed by atoms with van der Waals surface area (Å²) in [5, 5.41) is 0. The Bertz CT molecular complexity index is 280. The van der Waals surface area contributed by atoms with Crippen LogP contribution in [-0.2, 0) is 0 Å². The Morgan fingerprint density at radius 1 is 0.650 bits per heavy atom. The molecule has 4 atom stereocenters. The molecule has 2 saturated carbocycles. The fourth-order valence-corrected chi connectivity index (χ4v) is 5.82. The van der Waals surface area contributed by atoms with E-state index < -0.39 is 0 Å². The van der Waals surface area contributed by atoms with Crippen LogP contribution >= 0.6 is 0 Å². The predicted molar refractivity (Wildman–Crippen MR) is 89.8 cm³/mol. The summed E-state index contributed by atoms with van der Waals surface area (Å²) in [5.41, 5.74) is 1.17. The predicted octanol–water partition coefficient (Wildman–Crippen LogP) is 6.69. The van der Waals surface area contributed by atoms with Gasteiger partial charge in [0, 0.05) is 0 Å². The molecule has 0 heterocycles. The molecule has 0 saturated heterocycles. The molecule has 0 nitrogen and oxygen atoms in total. The lowest BCUT2D eigenvalue weighted by molar-refractivity contribution is 0.00987. The first-order valence-corrected chi connectivity index (χ1v) is 9.30. The molecule has 0 aromatic carbocycles. The minimum atomic E-state index is 0.587. The van der Waals surface area contributed by atoms with Gasteiger partial charge in [0.05, 0.1) is 0 Å². The fourth-order valence-electron chi connectivity index (χ4n) is 5.82. The molecule has 2 rings (SSSR count). The lowest BCUT2D eigenvalue weighted by Crippen LogP contribution is -2.39. The highest BCUT2D eigenvalue weighted by molar-refractivity contribution is 4.93. The van der Waals surface area contributed by atoms with E-state index in [2.05, 4.69) is 41.5 Å². The number of hydrogen-bond acceptors (Lipinski definition) is 0. The van der Waals surface area contributed by atoms with Gasteiger partial charge >= 0.3 is 0 Å². The van der Waals surface area contributed by atoms with Crippen molar-refractivity contribution in [2.45, 2.75) is 92.9 Å². The van der Waals surface area contributed by atoms with Crippen LogP contribution in [0.5, 0.6) is 0 Å². The first-order chi connectivity index (χ1) is 9.30. The largest absolute Gasteiger partial charge is 0.0651 e. The van der Waals surface area contributed by atoms with Gasteiger partial charge < -0.3 is 0 Å². The monoisotopic (exact) mass is 278 g/mol. The van der Waals surface area contributed by atoms with E-state index in [1.54, 1.807) is 0 Å². The van der Waals surface area contributed by atoms with Crippen LogP contribution in [0.15, 0.2) is 0 Å². The van der Waals surface area contributed by atoms with Gasteiger partial charge in [-0.05, 0) is 73.0 Å². The van der Waals surface area contributed by atoms with E-state index in [1.807, 2.05) is 0 Å². The summed E-state index contributed by atoms with van der Waals surface area (Å²) in [6, 6.07) is 0. The fraction of sp³-hybridized carbons (Fsp3) is 1.00. The first-order valence-electron chi connectivity index (χ1n) is 9.30. The van der Waals surface area contributed by atoms with E-state index in [4.69, 9.17) is 0 Å². The van der Waals surface area contributed by atoms with Crippen molar-refractivity contribution in [3.05, 3.63) is 0 Å². The van der Waals surface area contributed by atoms with Gasteiger partial charge in [-0.2, -0.15) is 0 Å². The number of rotatable bonds is 3. The van der Waals surface area contributed by atoms with Crippen LogP contribution in [0.1, 0.15) is 92.9 Å². The Balaban J connectivity index is 2.00. The molecule has 0 amide bonds. The SMILES string of the molecule is CCC1CCC(C2CCC(CC)C(C)(C)C2)CC1(C)C. The van der Waals surface area contributed by atoms with Crippen LogP contribution in [-0.4, -0.2) is 0 Å². The molecule has 20 heavy (non-hydrogen) atoms.